The number of nitrogens with one attached hydrogen (secondary N) is 1. The largest absolute Gasteiger partial charge is 0.492 e. The molecule has 0 radical (unpaired) electrons. The molecule has 0 saturated carbocycles. The fraction of sp³-hybridized carbons (Fsp3) is 0.350. The number of carbonyl (C=O) groups excluding carboxylic acids is 1. The van der Waals surface area contributed by atoms with Crippen LogP contribution in [-0.2, 0) is 4.79 Å². The van der Waals surface area contributed by atoms with Crippen LogP contribution in [0.4, 0.5) is 0 Å². The van der Waals surface area contributed by atoms with Gasteiger partial charge in [0, 0.05) is 11.1 Å². The number of halogens is 1. The maximum atomic E-state index is 12.2. The molecule has 1 fully saturated rings. The van der Waals surface area contributed by atoms with E-state index in [2.05, 4.69) is 16.3 Å². The zero-order valence-corrected chi connectivity index (χ0v) is 14.9. The molecule has 4 nitrogen and oxygen atoms in total. The van der Waals surface area contributed by atoms with Crippen molar-refractivity contribution in [3.63, 3.8) is 0 Å². The summed E-state index contributed by atoms with van der Waals surface area (Å²) in [7, 11) is 0. The summed E-state index contributed by atoms with van der Waals surface area (Å²) < 4.78 is 5.59. The second kappa shape index (κ2) is 8.88. The van der Waals surface area contributed by atoms with Crippen LogP contribution in [0.5, 0.6) is 5.75 Å². The molecule has 25 heavy (non-hydrogen) atoms. The summed E-state index contributed by atoms with van der Waals surface area (Å²) in [6.07, 6.45) is 2.12. The monoisotopic (exact) mass is 358 g/mol. The molecule has 2 aromatic rings. The Labute approximate surface area is 153 Å². The molecular formula is C20H23ClN2O2. The molecule has 1 N–H and O–H groups in total. The molecule has 1 atom stereocenters. The first-order valence-electron chi connectivity index (χ1n) is 8.67. The van der Waals surface area contributed by atoms with Gasteiger partial charge in [-0.15, -0.1) is 0 Å². The summed E-state index contributed by atoms with van der Waals surface area (Å²) in [6.45, 7) is 2.27. The molecule has 3 rings (SSSR count). The first kappa shape index (κ1) is 17.8. The third-order valence-corrected chi connectivity index (χ3v) is 4.75. The molecule has 0 aliphatic carbocycles. The smallest absolute Gasteiger partial charge is 0.234 e. The zero-order valence-electron chi connectivity index (χ0n) is 14.2. The van der Waals surface area contributed by atoms with Crippen LogP contribution in [0.3, 0.4) is 0 Å². The number of amides is 1. The quantitative estimate of drug-likeness (QED) is 0.768. The second-order valence-corrected chi connectivity index (χ2v) is 6.57. The summed E-state index contributed by atoms with van der Waals surface area (Å²) in [5.74, 6) is 0.839. The Morgan fingerprint density at radius 1 is 1.16 bits per heavy atom. The zero-order chi connectivity index (χ0) is 17.5. The van der Waals surface area contributed by atoms with E-state index in [9.17, 15) is 4.79 Å². The van der Waals surface area contributed by atoms with E-state index in [0.29, 0.717) is 19.7 Å². The highest BCUT2D eigenvalue weighted by Gasteiger charge is 2.28. The molecule has 1 aliphatic rings. The molecule has 1 aliphatic heterocycles. The first-order valence-corrected chi connectivity index (χ1v) is 9.05. The molecule has 1 saturated heterocycles. The molecular weight excluding hydrogens is 336 g/mol. The Morgan fingerprint density at radius 2 is 1.92 bits per heavy atom. The van der Waals surface area contributed by atoms with E-state index in [1.54, 1.807) is 0 Å². The van der Waals surface area contributed by atoms with E-state index in [4.69, 9.17) is 16.3 Å². The Kier molecular flexibility index (Phi) is 6.31. The van der Waals surface area contributed by atoms with Crippen LogP contribution in [0.15, 0.2) is 54.6 Å². The van der Waals surface area contributed by atoms with Crippen molar-refractivity contribution in [2.24, 2.45) is 0 Å². The minimum atomic E-state index is 0.0237. The number of ether oxygens (including phenoxy) is 1. The van der Waals surface area contributed by atoms with E-state index < -0.39 is 0 Å². The van der Waals surface area contributed by atoms with Crippen LogP contribution in [0.25, 0.3) is 0 Å². The van der Waals surface area contributed by atoms with Crippen molar-refractivity contribution in [2.45, 2.75) is 18.9 Å². The standard InChI is InChI=1S/C20H23ClN2O2/c21-18-10-5-4-9-17(18)19-11-6-13-23(19)15-20(24)22-12-14-25-16-7-2-1-3-8-16/h1-5,7-10,19H,6,11-15H2,(H,22,24). The lowest BCUT2D eigenvalue weighted by Crippen LogP contribution is -2.38. The normalized spacial score (nSPS) is 17.4. The molecule has 1 heterocycles. The van der Waals surface area contributed by atoms with E-state index in [-0.39, 0.29) is 11.9 Å². The minimum absolute atomic E-state index is 0.0237. The Balaban J connectivity index is 1.45. The Bertz CT molecular complexity index is 693. The third-order valence-electron chi connectivity index (χ3n) is 4.41. The van der Waals surface area contributed by atoms with Crippen LogP contribution in [-0.4, -0.2) is 37.0 Å². The van der Waals surface area contributed by atoms with Crippen molar-refractivity contribution < 1.29 is 9.53 Å². The molecule has 0 bridgehead atoms. The fourth-order valence-electron chi connectivity index (χ4n) is 3.23. The van der Waals surface area contributed by atoms with Crippen molar-refractivity contribution >= 4 is 17.5 Å². The number of nitrogens with zero attached hydrogens (tertiary/aromatic N) is 1. The van der Waals surface area contributed by atoms with Gasteiger partial charge in [0.05, 0.1) is 13.1 Å². The number of carbonyl (C=O) groups is 1. The molecule has 0 aromatic heterocycles. The van der Waals surface area contributed by atoms with Crippen molar-refractivity contribution in [1.82, 2.24) is 10.2 Å². The highest BCUT2D eigenvalue weighted by Crippen LogP contribution is 2.35. The van der Waals surface area contributed by atoms with Crippen LogP contribution < -0.4 is 10.1 Å². The molecule has 2 aromatic carbocycles. The topological polar surface area (TPSA) is 41.6 Å². The number of rotatable bonds is 7. The molecule has 1 amide bonds. The maximum absolute atomic E-state index is 12.2. The van der Waals surface area contributed by atoms with Crippen molar-refractivity contribution in [3.05, 3.63) is 65.2 Å². The van der Waals surface area contributed by atoms with Crippen molar-refractivity contribution in [1.29, 1.82) is 0 Å². The van der Waals surface area contributed by atoms with Gasteiger partial charge in [-0.2, -0.15) is 0 Å². The SMILES string of the molecule is O=C(CN1CCCC1c1ccccc1Cl)NCCOc1ccccc1. The maximum Gasteiger partial charge on any atom is 0.234 e. The molecule has 132 valence electrons. The lowest BCUT2D eigenvalue weighted by Gasteiger charge is -2.25. The third kappa shape index (κ3) is 4.97. The van der Waals surface area contributed by atoms with Crippen molar-refractivity contribution in [3.8, 4) is 5.75 Å². The summed E-state index contributed by atoms with van der Waals surface area (Å²) in [6, 6.07) is 17.7. The average molecular weight is 359 g/mol. The van der Waals surface area contributed by atoms with Gasteiger partial charge in [0.2, 0.25) is 5.91 Å². The predicted molar refractivity (Wildman–Crippen MR) is 99.9 cm³/mol. The fourth-order valence-corrected chi connectivity index (χ4v) is 3.49. The van der Waals surface area contributed by atoms with E-state index in [1.807, 2.05) is 48.5 Å². The van der Waals surface area contributed by atoms with Crippen LogP contribution >= 0.6 is 11.6 Å². The highest BCUT2D eigenvalue weighted by molar-refractivity contribution is 6.31. The second-order valence-electron chi connectivity index (χ2n) is 6.16. The lowest BCUT2D eigenvalue weighted by molar-refractivity contribution is -0.122. The average Bonchev–Trinajstić information content (AvgIpc) is 3.08. The van der Waals surface area contributed by atoms with E-state index in [0.717, 1.165) is 35.7 Å². The predicted octanol–water partition coefficient (Wildman–Crippen LogP) is 3.67. The van der Waals surface area contributed by atoms with Crippen LogP contribution in [0, 0.1) is 0 Å². The first-order chi connectivity index (χ1) is 12.2. The number of likely N-dealkylation sites (tertiary alicyclic amines) is 1. The van der Waals surface area contributed by atoms with Crippen LogP contribution in [0.1, 0.15) is 24.4 Å². The van der Waals surface area contributed by atoms with E-state index >= 15 is 0 Å². The van der Waals surface area contributed by atoms with Gasteiger partial charge >= 0.3 is 0 Å². The summed E-state index contributed by atoms with van der Waals surface area (Å²) in [5, 5.41) is 3.70. The van der Waals surface area contributed by atoms with Gasteiger partial charge in [-0.25, -0.2) is 0 Å². The Morgan fingerprint density at radius 3 is 2.72 bits per heavy atom. The van der Waals surface area contributed by atoms with E-state index in [1.165, 1.54) is 0 Å². The van der Waals surface area contributed by atoms with Gasteiger partial charge in [-0.3, -0.25) is 9.69 Å². The number of benzene rings is 2. The van der Waals surface area contributed by atoms with Gasteiger partial charge in [-0.1, -0.05) is 48.0 Å². The van der Waals surface area contributed by atoms with Gasteiger partial charge < -0.3 is 10.1 Å². The van der Waals surface area contributed by atoms with Crippen LogP contribution in [0.2, 0.25) is 5.02 Å². The van der Waals surface area contributed by atoms with Gasteiger partial charge in [0.15, 0.2) is 0 Å². The molecule has 5 heteroatoms. The number of para-hydroxylation sites is 1. The summed E-state index contributed by atoms with van der Waals surface area (Å²) in [5.41, 5.74) is 1.11. The lowest BCUT2D eigenvalue weighted by atomic mass is 10.0. The summed E-state index contributed by atoms with van der Waals surface area (Å²) in [4.78, 5) is 14.4. The minimum Gasteiger partial charge on any atom is -0.492 e. The van der Waals surface area contributed by atoms with Gasteiger partial charge in [-0.05, 0) is 43.1 Å². The molecule has 0 spiro atoms. The van der Waals surface area contributed by atoms with Gasteiger partial charge in [0.1, 0.15) is 12.4 Å². The molecule has 1 unspecified atom stereocenters. The van der Waals surface area contributed by atoms with Crippen molar-refractivity contribution in [2.75, 3.05) is 26.2 Å². The number of hydrogen-bond acceptors (Lipinski definition) is 3. The van der Waals surface area contributed by atoms with Gasteiger partial charge in [0.25, 0.3) is 0 Å². The highest BCUT2D eigenvalue weighted by atomic mass is 35.5. The number of hydrogen-bond donors (Lipinski definition) is 1. The summed E-state index contributed by atoms with van der Waals surface area (Å²) >= 11 is 6.32. The Hall–Kier alpha value is -2.04.